The molecule has 0 atom stereocenters. The summed E-state index contributed by atoms with van der Waals surface area (Å²) in [6.45, 7) is 0. The average Bonchev–Trinajstić information content (AvgIpc) is 3.78. The van der Waals surface area contributed by atoms with E-state index in [9.17, 15) is 0 Å². The highest BCUT2D eigenvalue weighted by molar-refractivity contribution is 6.09. The van der Waals surface area contributed by atoms with Crippen LogP contribution in [0.4, 0.5) is 0 Å². The number of fused-ring (bicyclic) bond motifs is 4. The number of rotatable bonds is 6. The molecular weight excluding hydrogens is 633 g/mol. The summed E-state index contributed by atoms with van der Waals surface area (Å²) < 4.78 is 4.55. The van der Waals surface area contributed by atoms with E-state index in [0.717, 1.165) is 55.9 Å². The molecule has 0 saturated heterocycles. The Morgan fingerprint density at radius 1 is 0.327 bits per heavy atom. The van der Waals surface area contributed by atoms with Gasteiger partial charge in [0.25, 0.3) is 0 Å². The second kappa shape index (κ2) is 12.4. The first-order valence-corrected chi connectivity index (χ1v) is 17.6. The van der Waals surface area contributed by atoms with E-state index in [1.807, 2.05) is 12.1 Å². The van der Waals surface area contributed by atoms with Gasteiger partial charge in [-0.1, -0.05) is 152 Å². The third-order valence-electron chi connectivity index (χ3n) is 9.98. The van der Waals surface area contributed by atoms with Crippen molar-refractivity contribution >= 4 is 32.7 Å². The topological polar surface area (TPSA) is 35.6 Å². The Kier molecular flexibility index (Phi) is 7.10. The second-order valence-electron chi connectivity index (χ2n) is 13.1. The lowest BCUT2D eigenvalue weighted by molar-refractivity contribution is 0.974. The van der Waals surface area contributed by atoms with Gasteiger partial charge in [-0.15, -0.1) is 0 Å². The third-order valence-corrected chi connectivity index (χ3v) is 9.98. The number of nitrogens with zero attached hydrogens (tertiary/aromatic N) is 4. The summed E-state index contributed by atoms with van der Waals surface area (Å²) in [4.78, 5) is 10.4. The van der Waals surface area contributed by atoms with Gasteiger partial charge in [-0.05, 0) is 59.2 Å². The first-order valence-electron chi connectivity index (χ1n) is 17.6. The first kappa shape index (κ1) is 29.8. The molecule has 0 spiro atoms. The molecule has 0 fully saturated rings. The zero-order valence-electron chi connectivity index (χ0n) is 28.3. The largest absolute Gasteiger partial charge is 0.309 e. The third kappa shape index (κ3) is 5.09. The highest BCUT2D eigenvalue weighted by Crippen LogP contribution is 2.35. The standard InChI is InChI=1S/C48H32N4/c1-3-13-35(14-4-1)42-32-43(36-15-5-2-6-16-36)50-48(49-42)52-44-20-10-7-17-38(44)31-47(52)37-25-23-33(24-26-37)34-27-29-39(30-28-34)51-45-21-11-8-18-40(45)41-19-9-12-22-46(41)51/h1-32H. The lowest BCUT2D eigenvalue weighted by Gasteiger charge is -2.14. The van der Waals surface area contributed by atoms with E-state index in [4.69, 9.17) is 9.97 Å². The van der Waals surface area contributed by atoms with Crippen LogP contribution in [0.5, 0.6) is 0 Å². The lowest BCUT2D eigenvalue weighted by Crippen LogP contribution is -2.05. The van der Waals surface area contributed by atoms with Crippen molar-refractivity contribution in [3.05, 3.63) is 194 Å². The van der Waals surface area contributed by atoms with Gasteiger partial charge >= 0.3 is 0 Å². The molecule has 0 aliphatic rings. The van der Waals surface area contributed by atoms with Crippen molar-refractivity contribution in [3.8, 4) is 56.5 Å². The Morgan fingerprint density at radius 3 is 1.37 bits per heavy atom. The molecule has 0 radical (unpaired) electrons. The van der Waals surface area contributed by atoms with Crippen molar-refractivity contribution < 1.29 is 0 Å². The molecule has 52 heavy (non-hydrogen) atoms. The quantitative estimate of drug-likeness (QED) is 0.177. The predicted molar refractivity (Wildman–Crippen MR) is 215 cm³/mol. The van der Waals surface area contributed by atoms with Gasteiger partial charge in [-0.2, -0.15) is 0 Å². The number of aromatic nitrogens is 4. The smallest absolute Gasteiger partial charge is 0.235 e. The average molecular weight is 665 g/mol. The van der Waals surface area contributed by atoms with Crippen LogP contribution < -0.4 is 0 Å². The van der Waals surface area contributed by atoms with E-state index in [1.165, 1.54) is 27.4 Å². The van der Waals surface area contributed by atoms with Crippen molar-refractivity contribution in [2.75, 3.05) is 0 Å². The molecule has 7 aromatic carbocycles. The molecule has 0 aliphatic carbocycles. The Bertz CT molecular complexity index is 2750. The van der Waals surface area contributed by atoms with Crippen LogP contribution in [0.3, 0.4) is 0 Å². The molecule has 10 rings (SSSR count). The summed E-state index contributed by atoms with van der Waals surface area (Å²) in [7, 11) is 0. The fourth-order valence-electron chi connectivity index (χ4n) is 7.47. The molecule has 3 aromatic heterocycles. The van der Waals surface area contributed by atoms with Gasteiger partial charge in [-0.25, -0.2) is 9.97 Å². The Balaban J connectivity index is 1.05. The Labute approximate surface area is 301 Å². The summed E-state index contributed by atoms with van der Waals surface area (Å²) in [5, 5.41) is 3.67. The van der Waals surface area contributed by atoms with Crippen molar-refractivity contribution in [2.45, 2.75) is 0 Å². The molecule has 0 bridgehead atoms. The molecule has 0 aliphatic heterocycles. The van der Waals surface area contributed by atoms with Gasteiger partial charge < -0.3 is 4.57 Å². The first-order chi connectivity index (χ1) is 25.8. The fraction of sp³-hybridized carbons (Fsp3) is 0. The Morgan fingerprint density at radius 2 is 0.788 bits per heavy atom. The molecule has 244 valence electrons. The SMILES string of the molecule is c1ccc(-c2cc(-c3ccccc3)nc(-n3c(-c4ccc(-c5ccc(-n6c7ccccc7c7ccccc76)cc5)cc4)cc4ccccc43)n2)cc1. The Hall–Kier alpha value is -7.04. The van der Waals surface area contributed by atoms with E-state index >= 15 is 0 Å². The molecular formula is C48H32N4. The molecule has 4 heteroatoms. The number of benzene rings is 7. The van der Waals surface area contributed by atoms with E-state index < -0.39 is 0 Å². The van der Waals surface area contributed by atoms with E-state index in [0.29, 0.717) is 5.95 Å². The lowest BCUT2D eigenvalue weighted by atomic mass is 10.0. The van der Waals surface area contributed by atoms with Crippen LogP contribution in [0, 0.1) is 0 Å². The van der Waals surface area contributed by atoms with Crippen LogP contribution in [0.15, 0.2) is 194 Å². The fourth-order valence-corrected chi connectivity index (χ4v) is 7.47. The maximum Gasteiger partial charge on any atom is 0.235 e. The summed E-state index contributed by atoms with van der Waals surface area (Å²) in [6, 6.07) is 68.5. The van der Waals surface area contributed by atoms with Crippen molar-refractivity contribution in [2.24, 2.45) is 0 Å². The maximum absolute atomic E-state index is 5.19. The molecule has 0 saturated carbocycles. The van der Waals surface area contributed by atoms with Crippen LogP contribution >= 0.6 is 0 Å². The van der Waals surface area contributed by atoms with Gasteiger partial charge in [-0.3, -0.25) is 4.57 Å². The van der Waals surface area contributed by atoms with Crippen LogP contribution in [-0.4, -0.2) is 19.1 Å². The number of para-hydroxylation sites is 3. The predicted octanol–water partition coefficient (Wildman–Crippen LogP) is 12.2. The number of hydrogen-bond donors (Lipinski definition) is 0. The van der Waals surface area contributed by atoms with Gasteiger partial charge in [0, 0.05) is 33.0 Å². The number of hydrogen-bond acceptors (Lipinski definition) is 2. The van der Waals surface area contributed by atoms with Crippen LogP contribution in [0.2, 0.25) is 0 Å². The zero-order valence-corrected chi connectivity index (χ0v) is 28.3. The van der Waals surface area contributed by atoms with E-state index in [2.05, 4.69) is 191 Å². The zero-order chi connectivity index (χ0) is 34.4. The summed E-state index contributed by atoms with van der Waals surface area (Å²) >= 11 is 0. The van der Waals surface area contributed by atoms with E-state index in [-0.39, 0.29) is 0 Å². The molecule has 0 amide bonds. The molecule has 0 unspecified atom stereocenters. The maximum atomic E-state index is 5.19. The van der Waals surface area contributed by atoms with Crippen LogP contribution in [0.1, 0.15) is 0 Å². The molecule has 4 nitrogen and oxygen atoms in total. The van der Waals surface area contributed by atoms with Gasteiger partial charge in [0.2, 0.25) is 5.95 Å². The minimum atomic E-state index is 0.640. The second-order valence-corrected chi connectivity index (χ2v) is 13.1. The van der Waals surface area contributed by atoms with E-state index in [1.54, 1.807) is 0 Å². The summed E-state index contributed by atoms with van der Waals surface area (Å²) in [5.74, 6) is 0.640. The van der Waals surface area contributed by atoms with Crippen molar-refractivity contribution in [3.63, 3.8) is 0 Å². The summed E-state index contributed by atoms with van der Waals surface area (Å²) in [6.07, 6.45) is 0. The molecule has 0 N–H and O–H groups in total. The van der Waals surface area contributed by atoms with Crippen LogP contribution in [0.25, 0.3) is 89.2 Å². The van der Waals surface area contributed by atoms with Crippen molar-refractivity contribution in [1.82, 2.24) is 19.1 Å². The minimum absolute atomic E-state index is 0.640. The highest BCUT2D eigenvalue weighted by atomic mass is 15.2. The van der Waals surface area contributed by atoms with Gasteiger partial charge in [0.1, 0.15) is 0 Å². The minimum Gasteiger partial charge on any atom is -0.309 e. The normalized spacial score (nSPS) is 11.5. The van der Waals surface area contributed by atoms with Crippen molar-refractivity contribution in [1.29, 1.82) is 0 Å². The molecule has 10 aromatic rings. The molecule has 3 heterocycles. The highest BCUT2D eigenvalue weighted by Gasteiger charge is 2.18. The summed E-state index contributed by atoms with van der Waals surface area (Å²) in [5.41, 5.74) is 13.0. The monoisotopic (exact) mass is 664 g/mol. The van der Waals surface area contributed by atoms with Gasteiger partial charge in [0.15, 0.2) is 0 Å². The van der Waals surface area contributed by atoms with Gasteiger partial charge in [0.05, 0.1) is 33.6 Å². The van der Waals surface area contributed by atoms with Crippen LogP contribution in [-0.2, 0) is 0 Å².